The van der Waals surface area contributed by atoms with Crippen molar-refractivity contribution in [2.45, 2.75) is 69.7 Å². The molecule has 4 fully saturated rings. The third-order valence-corrected chi connectivity index (χ3v) is 9.75. The number of benzene rings is 2. The van der Waals surface area contributed by atoms with Crippen molar-refractivity contribution in [3.63, 3.8) is 0 Å². The summed E-state index contributed by atoms with van der Waals surface area (Å²) >= 11 is 0. The minimum Gasteiger partial charge on any atom is -0.352 e. The fourth-order valence-electron chi connectivity index (χ4n) is 7.40. The van der Waals surface area contributed by atoms with Crippen LogP contribution in [0.2, 0.25) is 0 Å². The largest absolute Gasteiger partial charge is 0.352 e. The molecule has 5 nitrogen and oxygen atoms in total. The Bertz CT molecular complexity index is 1110. The molecule has 4 bridgehead atoms. The molecule has 0 saturated heterocycles. The summed E-state index contributed by atoms with van der Waals surface area (Å²) in [4.78, 5) is 12.8. The lowest BCUT2D eigenvalue weighted by Crippen LogP contribution is -2.48. The maximum Gasteiger partial charge on any atom is 0.240 e. The number of hydrogen-bond acceptors (Lipinski definition) is 3. The van der Waals surface area contributed by atoms with E-state index < -0.39 is 10.0 Å². The predicted molar refractivity (Wildman–Crippen MR) is 141 cm³/mol. The summed E-state index contributed by atoms with van der Waals surface area (Å²) < 4.78 is 26.5. The lowest BCUT2D eigenvalue weighted by molar-refractivity contribution is -0.120. The molecule has 4 saturated carbocycles. The number of rotatable bonds is 9. The maximum absolute atomic E-state index is 12.8. The molecule has 6 rings (SSSR count). The summed E-state index contributed by atoms with van der Waals surface area (Å²) in [7, 11) is -3.59. The van der Waals surface area contributed by atoms with E-state index in [-0.39, 0.29) is 23.9 Å². The van der Waals surface area contributed by atoms with Gasteiger partial charge >= 0.3 is 0 Å². The van der Waals surface area contributed by atoms with Crippen molar-refractivity contribution in [1.29, 1.82) is 0 Å². The first kappa shape index (κ1) is 24.4. The molecule has 0 radical (unpaired) electrons. The van der Waals surface area contributed by atoms with Gasteiger partial charge in [-0.25, -0.2) is 8.42 Å². The van der Waals surface area contributed by atoms with Gasteiger partial charge in [0.15, 0.2) is 0 Å². The number of nitrogens with one attached hydrogen (secondary N) is 1. The van der Waals surface area contributed by atoms with Crippen molar-refractivity contribution < 1.29 is 13.2 Å². The van der Waals surface area contributed by atoms with Crippen LogP contribution in [0, 0.1) is 17.8 Å². The molecule has 1 N–H and O–H groups in total. The van der Waals surface area contributed by atoms with Crippen molar-refractivity contribution in [2.24, 2.45) is 17.8 Å². The molecule has 0 aromatic heterocycles. The molecule has 1 atom stereocenters. The van der Waals surface area contributed by atoms with Gasteiger partial charge in [0.1, 0.15) is 6.54 Å². The first-order chi connectivity index (χ1) is 16.7. The molecule has 4 aliphatic rings. The quantitative estimate of drug-likeness (QED) is 0.530. The van der Waals surface area contributed by atoms with E-state index in [1.807, 2.05) is 37.3 Å². The van der Waals surface area contributed by atoms with Gasteiger partial charge in [-0.1, -0.05) is 42.5 Å². The van der Waals surface area contributed by atoms with Crippen LogP contribution in [-0.2, 0) is 26.7 Å². The van der Waals surface area contributed by atoms with Gasteiger partial charge in [-0.05, 0) is 105 Å². The maximum atomic E-state index is 12.8. The molecule has 1 amide bonds. The monoisotopic (exact) mass is 494 g/mol. The SMILES string of the molecule is C[C@H](CCc1ccccc1)NC(=O)CN(c1ccc(C23CC4CC(CC(C4)C2)C3)cc1)S(C)(=O)=O. The fraction of sp³-hybridized carbons (Fsp3) is 0.552. The second-order valence-corrected chi connectivity index (χ2v) is 13.4. The molecular formula is C29H38N2O3S. The van der Waals surface area contributed by atoms with Gasteiger partial charge in [0.2, 0.25) is 15.9 Å². The summed E-state index contributed by atoms with van der Waals surface area (Å²) in [5.74, 6) is 2.31. The highest BCUT2D eigenvalue weighted by molar-refractivity contribution is 7.92. The number of anilines is 1. The van der Waals surface area contributed by atoms with Crippen molar-refractivity contribution >= 4 is 21.6 Å². The first-order valence-corrected chi connectivity index (χ1v) is 15.0. The number of amides is 1. The molecule has 0 aliphatic heterocycles. The van der Waals surface area contributed by atoms with Gasteiger partial charge < -0.3 is 5.32 Å². The van der Waals surface area contributed by atoms with Gasteiger partial charge in [-0.3, -0.25) is 9.10 Å². The number of nitrogens with zero attached hydrogens (tertiary/aromatic N) is 1. The second-order valence-electron chi connectivity index (χ2n) is 11.5. The number of carbonyl (C=O) groups excluding carboxylic acids is 1. The number of aryl methyl sites for hydroxylation is 1. The van der Waals surface area contributed by atoms with Gasteiger partial charge in [0, 0.05) is 6.04 Å². The van der Waals surface area contributed by atoms with E-state index >= 15 is 0 Å². The van der Waals surface area contributed by atoms with Crippen molar-refractivity contribution in [1.82, 2.24) is 5.32 Å². The zero-order chi connectivity index (χ0) is 24.6. The summed E-state index contributed by atoms with van der Waals surface area (Å²) in [6.45, 7) is 1.76. The third kappa shape index (κ3) is 5.42. The molecular weight excluding hydrogens is 456 g/mol. The second kappa shape index (κ2) is 9.61. The summed E-state index contributed by atoms with van der Waals surface area (Å²) in [5, 5.41) is 2.98. The molecule has 0 spiro atoms. The summed E-state index contributed by atoms with van der Waals surface area (Å²) in [6.07, 6.45) is 10.9. The minimum absolute atomic E-state index is 0.0393. The average molecular weight is 495 g/mol. The van der Waals surface area contributed by atoms with Gasteiger partial charge in [0.25, 0.3) is 0 Å². The highest BCUT2D eigenvalue weighted by atomic mass is 32.2. The summed E-state index contributed by atoms with van der Waals surface area (Å²) in [5.41, 5.74) is 3.42. The van der Waals surface area contributed by atoms with E-state index in [1.54, 1.807) is 0 Å². The smallest absolute Gasteiger partial charge is 0.240 e. The van der Waals surface area contributed by atoms with E-state index in [2.05, 4.69) is 29.6 Å². The predicted octanol–water partition coefficient (Wildman–Crippen LogP) is 5.06. The topological polar surface area (TPSA) is 66.5 Å². The Kier molecular flexibility index (Phi) is 6.69. The van der Waals surface area contributed by atoms with E-state index in [0.717, 1.165) is 30.6 Å². The highest BCUT2D eigenvalue weighted by Gasteiger charge is 2.51. The Balaban J connectivity index is 1.24. The Morgan fingerprint density at radius 1 is 0.971 bits per heavy atom. The third-order valence-electron chi connectivity index (χ3n) is 8.61. The van der Waals surface area contributed by atoms with Crippen molar-refractivity contribution in [2.75, 3.05) is 17.1 Å². The molecule has 6 heteroatoms. The van der Waals surface area contributed by atoms with Crippen LogP contribution in [0.4, 0.5) is 5.69 Å². The van der Waals surface area contributed by atoms with Crippen molar-refractivity contribution in [3.05, 3.63) is 65.7 Å². The van der Waals surface area contributed by atoms with Gasteiger partial charge in [-0.15, -0.1) is 0 Å². The van der Waals surface area contributed by atoms with Crippen LogP contribution >= 0.6 is 0 Å². The molecule has 35 heavy (non-hydrogen) atoms. The Labute approximate surface area is 210 Å². The minimum atomic E-state index is -3.59. The number of hydrogen-bond donors (Lipinski definition) is 1. The lowest BCUT2D eigenvalue weighted by atomic mass is 9.48. The van der Waals surface area contributed by atoms with Gasteiger partial charge in [-0.2, -0.15) is 0 Å². The van der Waals surface area contributed by atoms with Crippen LogP contribution in [0.1, 0.15) is 63.0 Å². The Hall–Kier alpha value is -2.34. The molecule has 4 aliphatic carbocycles. The standard InChI is InChI=1S/C29H38N2O3S/c1-21(8-9-22-6-4-3-5-7-22)30-28(32)20-31(35(2,33)34)27-12-10-26(11-13-27)29-17-23-14-24(18-29)16-25(15-23)19-29/h3-7,10-13,21,23-25H,8-9,14-20H2,1-2H3,(H,30,32)/t21-,23?,24?,25?,29?/m1/s1. The molecule has 0 heterocycles. The van der Waals surface area contributed by atoms with Crippen LogP contribution < -0.4 is 9.62 Å². The van der Waals surface area contributed by atoms with Crippen LogP contribution in [0.3, 0.4) is 0 Å². The molecule has 2 aromatic carbocycles. The van der Waals surface area contributed by atoms with Crippen molar-refractivity contribution in [3.8, 4) is 0 Å². The van der Waals surface area contributed by atoms with Gasteiger partial charge in [0.05, 0.1) is 11.9 Å². The number of carbonyl (C=O) groups is 1. The highest BCUT2D eigenvalue weighted by Crippen LogP contribution is 2.60. The Morgan fingerprint density at radius 2 is 1.54 bits per heavy atom. The molecule has 188 valence electrons. The molecule has 2 aromatic rings. The van der Waals surface area contributed by atoms with Crippen LogP contribution in [0.5, 0.6) is 0 Å². The first-order valence-electron chi connectivity index (χ1n) is 13.1. The lowest BCUT2D eigenvalue weighted by Gasteiger charge is -2.57. The van der Waals surface area contributed by atoms with Crippen LogP contribution in [0.25, 0.3) is 0 Å². The van der Waals surface area contributed by atoms with E-state index in [1.165, 1.54) is 60.2 Å². The zero-order valence-corrected chi connectivity index (χ0v) is 21.8. The zero-order valence-electron chi connectivity index (χ0n) is 20.9. The Morgan fingerprint density at radius 3 is 2.09 bits per heavy atom. The summed E-state index contributed by atoms with van der Waals surface area (Å²) in [6, 6.07) is 18.2. The molecule has 0 unspecified atom stereocenters. The van der Waals surface area contributed by atoms with Crippen LogP contribution in [0.15, 0.2) is 54.6 Å². The van der Waals surface area contributed by atoms with E-state index in [4.69, 9.17) is 0 Å². The number of sulfonamides is 1. The van der Waals surface area contributed by atoms with E-state index in [0.29, 0.717) is 5.69 Å². The normalized spacial score (nSPS) is 28.0. The van der Waals surface area contributed by atoms with E-state index in [9.17, 15) is 13.2 Å². The fourth-order valence-corrected chi connectivity index (χ4v) is 8.25. The van der Waals surface area contributed by atoms with Crippen LogP contribution in [-0.4, -0.2) is 33.2 Å². The average Bonchev–Trinajstić information content (AvgIpc) is 2.80.